The van der Waals surface area contributed by atoms with Gasteiger partial charge >= 0.3 is 21.8 Å². The van der Waals surface area contributed by atoms with Gasteiger partial charge < -0.3 is 0 Å². The summed E-state index contributed by atoms with van der Waals surface area (Å²) in [4.78, 5) is 0. The van der Waals surface area contributed by atoms with Gasteiger partial charge in [-0.1, -0.05) is 91.0 Å². The number of benzene rings is 3. The summed E-state index contributed by atoms with van der Waals surface area (Å²) in [6, 6.07) is 27.3. The van der Waals surface area contributed by atoms with Crippen LogP contribution in [0.5, 0.6) is 0 Å². The van der Waals surface area contributed by atoms with E-state index in [1.807, 2.05) is 91.0 Å². The van der Waals surface area contributed by atoms with Crippen molar-refractivity contribution in [1.82, 2.24) is 14.2 Å². The standard InChI is InChI=1S/C21H21B3F3N3/c25-22-28(16-19-10-4-1-5-11-19)23(26)30(18-21-14-8-3-9-15-21)24(27)29(22)17-20-12-6-2-7-13-20/h1-15H,16-18H2. The number of halogens is 3. The van der Waals surface area contributed by atoms with Gasteiger partial charge in [-0.15, -0.1) is 0 Å². The van der Waals surface area contributed by atoms with E-state index in [1.165, 1.54) is 0 Å². The molecule has 0 bridgehead atoms. The fraction of sp³-hybridized carbons (Fsp3) is 0.143. The fourth-order valence-corrected chi connectivity index (χ4v) is 3.71. The maximum Gasteiger partial charge on any atom is 0.505 e. The summed E-state index contributed by atoms with van der Waals surface area (Å²) < 4.78 is 49.5. The van der Waals surface area contributed by atoms with Crippen LogP contribution in [0.15, 0.2) is 91.0 Å². The minimum absolute atomic E-state index is 0.0342. The Labute approximate surface area is 176 Å². The van der Waals surface area contributed by atoms with Crippen molar-refractivity contribution in [3.05, 3.63) is 108 Å². The van der Waals surface area contributed by atoms with Crippen LogP contribution in [0.2, 0.25) is 0 Å². The molecular formula is C21H21B3F3N3. The van der Waals surface area contributed by atoms with Gasteiger partial charge in [0.05, 0.1) is 0 Å². The summed E-state index contributed by atoms with van der Waals surface area (Å²) in [6.45, 7) is 0.103. The van der Waals surface area contributed by atoms with Crippen molar-refractivity contribution >= 4 is 21.8 Å². The lowest BCUT2D eigenvalue weighted by atomic mass is 9.65. The predicted octanol–water partition coefficient (Wildman–Crippen LogP) is 4.37. The van der Waals surface area contributed by atoms with Gasteiger partial charge in [0.15, 0.2) is 0 Å². The molecule has 0 aliphatic carbocycles. The molecule has 0 atom stereocenters. The first-order valence-electron chi connectivity index (χ1n) is 9.95. The zero-order valence-corrected chi connectivity index (χ0v) is 16.5. The lowest BCUT2D eigenvalue weighted by Gasteiger charge is -2.44. The average Bonchev–Trinajstić information content (AvgIpc) is 2.79. The minimum Gasteiger partial charge on any atom is -0.293 e. The molecule has 0 saturated carbocycles. The lowest BCUT2D eigenvalue weighted by molar-refractivity contribution is 0.323. The highest BCUT2D eigenvalue weighted by molar-refractivity contribution is 6.79. The van der Waals surface area contributed by atoms with Gasteiger partial charge in [-0.2, -0.15) is 0 Å². The van der Waals surface area contributed by atoms with Crippen molar-refractivity contribution in [1.29, 1.82) is 0 Å². The quantitative estimate of drug-likeness (QED) is 0.565. The summed E-state index contributed by atoms with van der Waals surface area (Å²) in [5, 5.41) is 0. The van der Waals surface area contributed by atoms with E-state index in [0.717, 1.165) is 30.9 Å². The van der Waals surface area contributed by atoms with Gasteiger partial charge in [0.1, 0.15) is 0 Å². The number of rotatable bonds is 6. The van der Waals surface area contributed by atoms with E-state index in [-0.39, 0.29) is 19.6 Å². The Bertz CT molecular complexity index is 789. The van der Waals surface area contributed by atoms with Crippen LogP contribution in [0.4, 0.5) is 12.9 Å². The van der Waals surface area contributed by atoms with Gasteiger partial charge in [-0.25, -0.2) is 0 Å². The summed E-state index contributed by atoms with van der Waals surface area (Å²) in [5.41, 5.74) is 2.29. The van der Waals surface area contributed by atoms with Crippen molar-refractivity contribution < 1.29 is 12.9 Å². The molecule has 0 N–H and O–H groups in total. The normalized spacial score (nSPS) is 16.3. The Morgan fingerprint density at radius 2 is 0.667 bits per heavy atom. The predicted molar refractivity (Wildman–Crippen MR) is 117 cm³/mol. The highest BCUT2D eigenvalue weighted by Crippen LogP contribution is 2.27. The van der Waals surface area contributed by atoms with Gasteiger partial charge in [-0.05, 0) is 16.7 Å². The van der Waals surface area contributed by atoms with Crippen LogP contribution in [-0.2, 0) is 19.6 Å². The Hall–Kier alpha value is -2.48. The van der Waals surface area contributed by atoms with Crippen LogP contribution in [-0.4, -0.2) is 35.9 Å². The molecule has 0 amide bonds. The van der Waals surface area contributed by atoms with Crippen LogP contribution in [0, 0.1) is 0 Å². The third-order valence-corrected chi connectivity index (χ3v) is 5.27. The van der Waals surface area contributed by atoms with Crippen LogP contribution < -0.4 is 0 Å². The van der Waals surface area contributed by atoms with Crippen LogP contribution >= 0.6 is 0 Å². The Balaban J connectivity index is 1.63. The molecule has 0 spiro atoms. The SMILES string of the molecule is FB1N(Cc2ccccc2)B(F)N(Cc2ccccc2)B(F)N1Cc1ccccc1. The molecule has 3 nitrogen and oxygen atoms in total. The molecule has 30 heavy (non-hydrogen) atoms. The topological polar surface area (TPSA) is 9.72 Å². The molecule has 0 radical (unpaired) electrons. The molecule has 3 aromatic carbocycles. The van der Waals surface area contributed by atoms with Crippen molar-refractivity contribution in [3.63, 3.8) is 0 Å². The first kappa shape index (κ1) is 20.8. The fourth-order valence-electron chi connectivity index (χ4n) is 3.71. The Kier molecular flexibility index (Phi) is 6.62. The molecule has 0 aromatic heterocycles. The first-order chi connectivity index (χ1) is 14.6. The molecule has 3 aromatic rings. The number of hydrogen-bond donors (Lipinski definition) is 0. The largest absolute Gasteiger partial charge is 0.505 e. The van der Waals surface area contributed by atoms with E-state index >= 15 is 12.9 Å². The van der Waals surface area contributed by atoms with Crippen LogP contribution in [0.1, 0.15) is 16.7 Å². The third-order valence-electron chi connectivity index (χ3n) is 5.27. The first-order valence-corrected chi connectivity index (χ1v) is 9.95. The molecule has 1 saturated heterocycles. The molecule has 150 valence electrons. The van der Waals surface area contributed by atoms with Crippen molar-refractivity contribution in [2.24, 2.45) is 0 Å². The summed E-state index contributed by atoms with van der Waals surface area (Å²) in [7, 11) is -5.70. The van der Waals surface area contributed by atoms with E-state index in [9.17, 15) is 0 Å². The molecule has 1 aliphatic rings. The smallest absolute Gasteiger partial charge is 0.293 e. The van der Waals surface area contributed by atoms with Gasteiger partial charge in [0, 0.05) is 19.6 Å². The molecule has 1 fully saturated rings. The van der Waals surface area contributed by atoms with E-state index in [1.54, 1.807) is 0 Å². The van der Waals surface area contributed by atoms with Crippen molar-refractivity contribution in [2.45, 2.75) is 19.6 Å². The van der Waals surface area contributed by atoms with Crippen LogP contribution in [0.3, 0.4) is 0 Å². The van der Waals surface area contributed by atoms with E-state index in [0.29, 0.717) is 0 Å². The molecule has 0 unspecified atom stereocenters. The van der Waals surface area contributed by atoms with Crippen molar-refractivity contribution in [2.75, 3.05) is 0 Å². The van der Waals surface area contributed by atoms with Crippen molar-refractivity contribution in [3.8, 4) is 0 Å². The minimum atomic E-state index is -1.90. The summed E-state index contributed by atoms with van der Waals surface area (Å²) in [6.07, 6.45) is 0. The van der Waals surface area contributed by atoms with E-state index in [2.05, 4.69) is 0 Å². The Morgan fingerprint density at radius 3 is 0.900 bits per heavy atom. The Morgan fingerprint density at radius 1 is 0.433 bits per heavy atom. The third kappa shape index (κ3) is 4.64. The molecule has 1 aliphatic heterocycles. The number of hydrogen-bond acceptors (Lipinski definition) is 3. The second kappa shape index (κ2) is 9.56. The molecule has 1 heterocycles. The van der Waals surface area contributed by atoms with E-state index in [4.69, 9.17) is 0 Å². The monoisotopic (exact) mass is 405 g/mol. The zero-order valence-electron chi connectivity index (χ0n) is 16.5. The summed E-state index contributed by atoms with van der Waals surface area (Å²) >= 11 is 0. The maximum atomic E-state index is 15.4. The van der Waals surface area contributed by atoms with Gasteiger partial charge in [-0.3, -0.25) is 27.1 Å². The van der Waals surface area contributed by atoms with Gasteiger partial charge in [0.2, 0.25) is 0 Å². The number of nitrogens with zero attached hydrogens (tertiary/aromatic N) is 3. The average molecular weight is 405 g/mol. The van der Waals surface area contributed by atoms with Gasteiger partial charge in [0.25, 0.3) is 0 Å². The lowest BCUT2D eigenvalue weighted by Crippen LogP contribution is -2.73. The molecule has 4 rings (SSSR count). The van der Waals surface area contributed by atoms with Crippen LogP contribution in [0.25, 0.3) is 0 Å². The second-order valence-electron chi connectivity index (χ2n) is 7.41. The van der Waals surface area contributed by atoms with E-state index < -0.39 is 21.8 Å². The highest BCUT2D eigenvalue weighted by Gasteiger charge is 2.56. The summed E-state index contributed by atoms with van der Waals surface area (Å²) in [5.74, 6) is 0. The molecular weight excluding hydrogens is 384 g/mol. The maximum absolute atomic E-state index is 15.4. The zero-order chi connectivity index (χ0) is 20.9. The second-order valence-corrected chi connectivity index (χ2v) is 7.41. The highest BCUT2D eigenvalue weighted by atomic mass is 19.1. The molecule has 9 heteroatoms.